The van der Waals surface area contributed by atoms with Crippen molar-refractivity contribution in [3.05, 3.63) is 35.9 Å². The third-order valence-electron chi connectivity index (χ3n) is 7.18. The van der Waals surface area contributed by atoms with Crippen LogP contribution in [0.5, 0.6) is 0 Å². The quantitative estimate of drug-likeness (QED) is 0.0278. The van der Waals surface area contributed by atoms with Crippen LogP contribution in [0, 0.1) is 0 Å². The second-order valence-corrected chi connectivity index (χ2v) is 11.2. The Balaban J connectivity index is 3.11. The van der Waals surface area contributed by atoms with Gasteiger partial charge in [0, 0.05) is 19.5 Å². The maximum Gasteiger partial charge on any atom is 0.326 e. The molecule has 0 radical (unpaired) electrons. The number of hydrogen-bond acceptors (Lipinski definition) is 10. The number of nitrogens with zero attached hydrogens (tertiary/aromatic N) is 2. The maximum absolute atomic E-state index is 13.6. The molecule has 4 amide bonds. The van der Waals surface area contributed by atoms with E-state index in [0.29, 0.717) is 31.4 Å². The van der Waals surface area contributed by atoms with E-state index < -0.39 is 66.4 Å². The van der Waals surface area contributed by atoms with Gasteiger partial charge < -0.3 is 65.9 Å². The number of guanidine groups is 2. The van der Waals surface area contributed by atoms with Gasteiger partial charge in [0.1, 0.15) is 24.2 Å². The van der Waals surface area contributed by atoms with Crippen molar-refractivity contribution in [3.8, 4) is 0 Å². The summed E-state index contributed by atoms with van der Waals surface area (Å²) in [5, 5.41) is 29.6. The van der Waals surface area contributed by atoms with Gasteiger partial charge in [0.15, 0.2) is 11.9 Å². The molecular weight excluding hydrogens is 640 g/mol. The van der Waals surface area contributed by atoms with Gasteiger partial charge in [-0.05, 0) is 57.1 Å². The number of aliphatic imine (C=N–C) groups is 2. The van der Waals surface area contributed by atoms with Crippen LogP contribution in [0.2, 0.25) is 0 Å². The molecule has 0 saturated carbocycles. The summed E-state index contributed by atoms with van der Waals surface area (Å²) in [7, 11) is 0. The molecule has 49 heavy (non-hydrogen) atoms. The number of nitrogens with one attached hydrogen (secondary N) is 4. The fourth-order valence-corrected chi connectivity index (χ4v) is 4.52. The molecular formula is C30H52N12O7. The maximum atomic E-state index is 13.6. The number of carbonyl (C=O) groups is 5. The number of aliphatic hydroxyl groups is 1. The number of aliphatic carboxylic acids is 1. The van der Waals surface area contributed by atoms with E-state index in [1.807, 2.05) is 0 Å². The third-order valence-corrected chi connectivity index (χ3v) is 7.18. The molecule has 0 aliphatic heterocycles. The van der Waals surface area contributed by atoms with Crippen molar-refractivity contribution in [2.75, 3.05) is 26.2 Å². The predicted octanol–water partition coefficient (Wildman–Crippen LogP) is -4.19. The molecule has 1 aromatic rings. The van der Waals surface area contributed by atoms with Crippen molar-refractivity contribution in [2.45, 2.75) is 81.6 Å². The summed E-state index contributed by atoms with van der Waals surface area (Å²) in [6, 6.07) is 2.49. The van der Waals surface area contributed by atoms with E-state index in [1.165, 1.54) is 0 Å². The number of aliphatic hydroxyl groups excluding tert-OH is 1. The average molecular weight is 693 g/mol. The Morgan fingerprint density at radius 3 is 1.69 bits per heavy atom. The lowest BCUT2D eigenvalue weighted by atomic mass is 10.0. The fraction of sp³-hybridized carbons (Fsp3) is 0.567. The lowest BCUT2D eigenvalue weighted by Crippen LogP contribution is -2.59. The summed E-state index contributed by atoms with van der Waals surface area (Å²) in [6.45, 7) is -0.0881. The number of unbranched alkanes of at least 4 members (excludes halogenated alkanes) is 1. The van der Waals surface area contributed by atoms with Gasteiger partial charge in [0.2, 0.25) is 23.6 Å². The zero-order valence-corrected chi connectivity index (χ0v) is 27.6. The molecule has 19 nitrogen and oxygen atoms in total. The molecule has 5 atom stereocenters. The van der Waals surface area contributed by atoms with Gasteiger partial charge >= 0.3 is 5.97 Å². The molecule has 0 bridgehead atoms. The Labute approximate surface area is 285 Å². The third kappa shape index (κ3) is 17.6. The van der Waals surface area contributed by atoms with Crippen molar-refractivity contribution >= 4 is 41.5 Å². The van der Waals surface area contributed by atoms with Crippen molar-refractivity contribution in [2.24, 2.45) is 44.4 Å². The first-order valence-corrected chi connectivity index (χ1v) is 15.9. The van der Waals surface area contributed by atoms with Gasteiger partial charge in [-0.2, -0.15) is 0 Å². The highest BCUT2D eigenvalue weighted by Crippen LogP contribution is 2.08. The number of amides is 4. The Kier molecular flexibility index (Phi) is 20.0. The molecule has 18 N–H and O–H groups in total. The monoisotopic (exact) mass is 692 g/mol. The predicted molar refractivity (Wildman–Crippen MR) is 183 cm³/mol. The van der Waals surface area contributed by atoms with E-state index in [-0.39, 0.29) is 57.1 Å². The Bertz CT molecular complexity index is 1260. The zero-order valence-electron chi connectivity index (χ0n) is 27.6. The number of carboxylic acids is 1. The van der Waals surface area contributed by atoms with Gasteiger partial charge in [-0.15, -0.1) is 0 Å². The van der Waals surface area contributed by atoms with Crippen LogP contribution in [0.15, 0.2) is 40.3 Å². The molecule has 19 heteroatoms. The average Bonchev–Trinajstić information content (AvgIpc) is 3.05. The molecule has 0 fully saturated rings. The van der Waals surface area contributed by atoms with Crippen LogP contribution < -0.4 is 55.7 Å². The molecule has 0 aliphatic rings. The van der Waals surface area contributed by atoms with E-state index in [1.54, 1.807) is 30.3 Å². The summed E-state index contributed by atoms with van der Waals surface area (Å²) in [5.74, 6) is -4.65. The molecule has 0 saturated heterocycles. The molecule has 274 valence electrons. The van der Waals surface area contributed by atoms with Gasteiger partial charge in [-0.25, -0.2) is 4.79 Å². The van der Waals surface area contributed by atoms with E-state index in [2.05, 4.69) is 31.3 Å². The second kappa shape index (κ2) is 23.3. The Morgan fingerprint density at radius 1 is 0.653 bits per heavy atom. The lowest BCUT2D eigenvalue weighted by molar-refractivity contribution is -0.142. The zero-order chi connectivity index (χ0) is 36.8. The van der Waals surface area contributed by atoms with Crippen LogP contribution in [0.1, 0.15) is 50.5 Å². The van der Waals surface area contributed by atoms with Crippen LogP contribution in [0.25, 0.3) is 0 Å². The highest BCUT2D eigenvalue weighted by Gasteiger charge is 2.31. The van der Waals surface area contributed by atoms with Gasteiger partial charge in [-0.1, -0.05) is 30.3 Å². The van der Waals surface area contributed by atoms with Crippen LogP contribution in [-0.2, 0) is 30.4 Å². The van der Waals surface area contributed by atoms with Crippen molar-refractivity contribution in [1.82, 2.24) is 21.3 Å². The highest BCUT2D eigenvalue weighted by atomic mass is 16.4. The molecule has 0 spiro atoms. The van der Waals surface area contributed by atoms with E-state index in [4.69, 9.17) is 34.4 Å². The van der Waals surface area contributed by atoms with Crippen molar-refractivity contribution < 1.29 is 34.2 Å². The van der Waals surface area contributed by atoms with E-state index in [0.717, 1.165) is 0 Å². The fourth-order valence-electron chi connectivity index (χ4n) is 4.52. The van der Waals surface area contributed by atoms with Crippen LogP contribution >= 0.6 is 0 Å². The van der Waals surface area contributed by atoms with Gasteiger partial charge in [0.25, 0.3) is 0 Å². The van der Waals surface area contributed by atoms with E-state index in [9.17, 15) is 34.2 Å². The number of nitrogens with two attached hydrogens (primary N) is 6. The van der Waals surface area contributed by atoms with Crippen LogP contribution in [0.4, 0.5) is 0 Å². The molecule has 0 unspecified atom stereocenters. The van der Waals surface area contributed by atoms with Gasteiger partial charge in [0.05, 0.1) is 12.6 Å². The summed E-state index contributed by atoms with van der Waals surface area (Å²) >= 11 is 0. The minimum atomic E-state index is -1.44. The number of benzene rings is 1. The first-order valence-electron chi connectivity index (χ1n) is 15.9. The van der Waals surface area contributed by atoms with Crippen molar-refractivity contribution in [1.29, 1.82) is 0 Å². The minimum absolute atomic E-state index is 0.00137. The normalized spacial score (nSPS) is 13.8. The molecule has 0 aromatic heterocycles. The number of carbonyl (C=O) groups excluding carboxylic acids is 4. The number of rotatable bonds is 24. The number of carboxylic acid groups (broad SMARTS) is 1. The van der Waals surface area contributed by atoms with Crippen LogP contribution in [-0.4, -0.2) is 108 Å². The summed E-state index contributed by atoms with van der Waals surface area (Å²) < 4.78 is 0. The summed E-state index contributed by atoms with van der Waals surface area (Å²) in [6.07, 6.45) is 1.87. The summed E-state index contributed by atoms with van der Waals surface area (Å²) in [4.78, 5) is 72.4. The molecule has 0 aliphatic carbocycles. The van der Waals surface area contributed by atoms with Crippen LogP contribution in [0.3, 0.4) is 0 Å². The van der Waals surface area contributed by atoms with E-state index >= 15 is 0 Å². The molecule has 0 heterocycles. The Morgan fingerprint density at radius 2 is 1.14 bits per heavy atom. The smallest absolute Gasteiger partial charge is 0.326 e. The lowest BCUT2D eigenvalue weighted by Gasteiger charge is -2.26. The number of hydrogen-bond donors (Lipinski definition) is 12. The summed E-state index contributed by atoms with van der Waals surface area (Å²) in [5.41, 5.74) is 33.4. The molecule has 1 aromatic carbocycles. The SMILES string of the molecule is NCCCC[C@H](NC(=O)[C@H](CO)NC(=O)[C@@H](N)CCCN=C(N)N)C(=O)N[C@@H](Cc1ccccc1)C(=O)N[C@@H](CCCN=C(N)N)C(=O)O. The largest absolute Gasteiger partial charge is 0.480 e. The first kappa shape index (κ1) is 42.0. The first-order chi connectivity index (χ1) is 23.3. The minimum Gasteiger partial charge on any atom is -0.480 e. The topological polar surface area (TPSA) is 355 Å². The Hall–Kier alpha value is -5.01. The standard InChI is InChI=1S/C30H52N12O7/c31-13-5-4-11-20(39-27(47)23(17-43)42-24(44)19(32)10-6-14-37-29(33)34)25(45)41-22(16-18-8-2-1-3-9-18)26(46)40-21(28(48)49)12-7-15-38-30(35)36/h1-3,8-9,19-23,43H,4-7,10-17,31-32H2,(H,39,47)(H,40,46)(H,41,45)(H,42,44)(H,48,49)(H4,33,34,37)(H4,35,36,38)/t19-,20-,21-,22-,23-/m0/s1. The van der Waals surface area contributed by atoms with Gasteiger partial charge in [-0.3, -0.25) is 29.2 Å². The highest BCUT2D eigenvalue weighted by molar-refractivity contribution is 5.95. The van der Waals surface area contributed by atoms with Crippen molar-refractivity contribution in [3.63, 3.8) is 0 Å². The second-order valence-electron chi connectivity index (χ2n) is 11.2. The molecule has 1 rings (SSSR count).